The maximum absolute atomic E-state index is 12.7. The van der Waals surface area contributed by atoms with Gasteiger partial charge in [0.1, 0.15) is 12.6 Å². The second-order valence-corrected chi connectivity index (χ2v) is 6.62. The van der Waals surface area contributed by atoms with Crippen LogP contribution < -0.4 is 10.6 Å². The highest BCUT2D eigenvalue weighted by Gasteiger charge is 2.25. The summed E-state index contributed by atoms with van der Waals surface area (Å²) in [5.41, 5.74) is 1.68. The second-order valence-electron chi connectivity index (χ2n) is 6.62. The molecule has 0 aliphatic rings. The summed E-state index contributed by atoms with van der Waals surface area (Å²) in [5, 5.41) is 14.1. The van der Waals surface area contributed by atoms with Crippen LogP contribution in [0.15, 0.2) is 60.7 Å². The predicted molar refractivity (Wildman–Crippen MR) is 108 cm³/mol. The van der Waals surface area contributed by atoms with Gasteiger partial charge in [-0.3, -0.25) is 9.59 Å². The number of ether oxygens (including phenoxy) is 1. The zero-order chi connectivity index (χ0) is 21.1. The number of nitrogens with one attached hydrogen (secondary N) is 2. The lowest BCUT2D eigenvalue weighted by atomic mass is 10.0. The minimum Gasteiger partial charge on any atom is -0.445 e. The molecule has 0 aliphatic carbocycles. The molecule has 2 unspecified atom stereocenters. The predicted octanol–water partition coefficient (Wildman–Crippen LogP) is 1.98. The average Bonchev–Trinajstić information content (AvgIpc) is 2.73. The molecule has 7 nitrogen and oxygen atoms in total. The van der Waals surface area contributed by atoms with E-state index >= 15 is 0 Å². The van der Waals surface area contributed by atoms with Gasteiger partial charge in [-0.25, -0.2) is 4.79 Å². The Labute approximate surface area is 170 Å². The van der Waals surface area contributed by atoms with Crippen molar-refractivity contribution in [1.82, 2.24) is 10.6 Å². The Morgan fingerprint density at radius 1 is 0.931 bits per heavy atom. The van der Waals surface area contributed by atoms with Crippen molar-refractivity contribution in [2.24, 2.45) is 0 Å². The number of hydrogen-bond donors (Lipinski definition) is 3. The van der Waals surface area contributed by atoms with Gasteiger partial charge in [0.15, 0.2) is 5.78 Å². The molecule has 0 saturated heterocycles. The van der Waals surface area contributed by atoms with Gasteiger partial charge in [-0.2, -0.15) is 0 Å². The van der Waals surface area contributed by atoms with E-state index in [1.54, 1.807) is 6.92 Å². The van der Waals surface area contributed by atoms with Gasteiger partial charge >= 0.3 is 6.09 Å². The van der Waals surface area contributed by atoms with Gasteiger partial charge in [0, 0.05) is 12.8 Å². The monoisotopic (exact) mass is 398 g/mol. The molecule has 0 heterocycles. The van der Waals surface area contributed by atoms with Crippen LogP contribution in [0.25, 0.3) is 0 Å². The van der Waals surface area contributed by atoms with E-state index in [0.29, 0.717) is 0 Å². The minimum absolute atomic E-state index is 0.0443. The third-order valence-corrected chi connectivity index (χ3v) is 4.30. The highest BCUT2D eigenvalue weighted by atomic mass is 16.5. The number of alkyl carbamates (subject to hydrolysis) is 1. The van der Waals surface area contributed by atoms with Crippen molar-refractivity contribution in [3.63, 3.8) is 0 Å². The van der Waals surface area contributed by atoms with E-state index in [1.165, 1.54) is 0 Å². The van der Waals surface area contributed by atoms with Crippen LogP contribution in [-0.2, 0) is 27.4 Å². The minimum atomic E-state index is -0.912. The molecule has 2 rings (SSSR count). The van der Waals surface area contributed by atoms with E-state index in [-0.39, 0.29) is 31.8 Å². The Bertz CT molecular complexity index is 795. The van der Waals surface area contributed by atoms with Gasteiger partial charge in [-0.1, -0.05) is 60.7 Å². The molecule has 2 amide bonds. The largest absolute Gasteiger partial charge is 0.445 e. The van der Waals surface area contributed by atoms with E-state index in [2.05, 4.69) is 10.6 Å². The summed E-state index contributed by atoms with van der Waals surface area (Å²) in [4.78, 5) is 36.8. The van der Waals surface area contributed by atoms with Crippen molar-refractivity contribution >= 4 is 17.8 Å². The lowest BCUT2D eigenvalue weighted by Gasteiger charge is -2.21. The number of benzene rings is 2. The number of ketones is 1. The molecule has 0 spiro atoms. The standard InChI is InChI=1S/C22H26N2O5/c1-16(20(26)12-13-25)23-21(27)19(14-17-8-4-2-5-9-17)24-22(28)29-15-18-10-6-3-7-11-18/h2-11,16,19,25H,12-15H2,1H3,(H,23,27)(H,24,28). The maximum atomic E-state index is 12.7. The first-order valence-corrected chi connectivity index (χ1v) is 9.44. The number of amides is 2. The molecule has 0 saturated carbocycles. The summed E-state index contributed by atoms with van der Waals surface area (Å²) in [6.45, 7) is 1.34. The summed E-state index contributed by atoms with van der Waals surface area (Å²) < 4.78 is 5.21. The smallest absolute Gasteiger partial charge is 0.408 e. The number of Topliss-reactive ketones (excluding diaryl/α,β-unsaturated/α-hetero) is 1. The zero-order valence-corrected chi connectivity index (χ0v) is 16.3. The Hall–Kier alpha value is -3.19. The molecule has 0 aromatic heterocycles. The van der Waals surface area contributed by atoms with Gasteiger partial charge in [0.2, 0.25) is 5.91 Å². The Morgan fingerprint density at radius 3 is 2.10 bits per heavy atom. The maximum Gasteiger partial charge on any atom is 0.408 e. The average molecular weight is 398 g/mol. The van der Waals surface area contributed by atoms with Crippen molar-refractivity contribution in [3.05, 3.63) is 71.8 Å². The highest BCUT2D eigenvalue weighted by Crippen LogP contribution is 2.06. The molecule has 2 aromatic rings. The lowest BCUT2D eigenvalue weighted by Crippen LogP contribution is -2.51. The summed E-state index contributed by atoms with van der Waals surface area (Å²) >= 11 is 0. The first-order valence-electron chi connectivity index (χ1n) is 9.44. The number of aliphatic hydroxyl groups excluding tert-OH is 1. The first-order chi connectivity index (χ1) is 14.0. The van der Waals surface area contributed by atoms with E-state index < -0.39 is 24.1 Å². The van der Waals surface area contributed by atoms with Gasteiger partial charge in [-0.15, -0.1) is 0 Å². The third-order valence-electron chi connectivity index (χ3n) is 4.30. The normalized spacial score (nSPS) is 12.5. The molecule has 29 heavy (non-hydrogen) atoms. The van der Waals surface area contributed by atoms with E-state index in [0.717, 1.165) is 11.1 Å². The van der Waals surface area contributed by atoms with Gasteiger partial charge in [0.05, 0.1) is 12.6 Å². The zero-order valence-electron chi connectivity index (χ0n) is 16.3. The molecular weight excluding hydrogens is 372 g/mol. The van der Waals surface area contributed by atoms with Crippen LogP contribution in [0.5, 0.6) is 0 Å². The van der Waals surface area contributed by atoms with Crippen LogP contribution in [0.4, 0.5) is 4.79 Å². The molecule has 0 radical (unpaired) electrons. The van der Waals surface area contributed by atoms with Gasteiger partial charge < -0.3 is 20.5 Å². The van der Waals surface area contributed by atoms with Crippen LogP contribution in [0.3, 0.4) is 0 Å². The number of hydrogen-bond acceptors (Lipinski definition) is 5. The number of carbonyl (C=O) groups is 3. The Balaban J connectivity index is 2.00. The molecule has 154 valence electrons. The topological polar surface area (TPSA) is 105 Å². The van der Waals surface area contributed by atoms with Crippen molar-refractivity contribution in [2.45, 2.75) is 38.5 Å². The van der Waals surface area contributed by atoms with Crippen LogP contribution in [0.2, 0.25) is 0 Å². The molecule has 0 bridgehead atoms. The summed E-state index contributed by atoms with van der Waals surface area (Å²) in [7, 11) is 0. The van der Waals surface area contributed by atoms with Crippen LogP contribution >= 0.6 is 0 Å². The SMILES string of the molecule is CC(NC(=O)C(Cc1ccccc1)NC(=O)OCc1ccccc1)C(=O)CCO. The molecule has 2 aromatic carbocycles. The second kappa shape index (κ2) is 11.6. The van der Waals surface area contributed by atoms with Crippen molar-refractivity contribution in [2.75, 3.05) is 6.61 Å². The van der Waals surface area contributed by atoms with Crippen LogP contribution in [-0.4, -0.2) is 41.6 Å². The van der Waals surface area contributed by atoms with Crippen LogP contribution in [0, 0.1) is 0 Å². The van der Waals surface area contributed by atoms with E-state index in [9.17, 15) is 14.4 Å². The number of aliphatic hydroxyl groups is 1. The first kappa shape index (κ1) is 22.1. The molecule has 7 heteroatoms. The third kappa shape index (κ3) is 7.75. The quantitative estimate of drug-likeness (QED) is 0.568. The van der Waals surface area contributed by atoms with Gasteiger partial charge in [0.25, 0.3) is 0 Å². The molecule has 2 atom stereocenters. The fourth-order valence-corrected chi connectivity index (χ4v) is 2.69. The molecule has 0 fully saturated rings. The molecule has 0 aliphatic heterocycles. The molecular formula is C22H26N2O5. The van der Waals surface area contributed by atoms with Crippen LogP contribution in [0.1, 0.15) is 24.5 Å². The lowest BCUT2D eigenvalue weighted by molar-refractivity contribution is -0.128. The van der Waals surface area contributed by atoms with E-state index in [4.69, 9.17) is 9.84 Å². The highest BCUT2D eigenvalue weighted by molar-refractivity contribution is 5.92. The summed E-state index contributed by atoms with van der Waals surface area (Å²) in [5.74, 6) is -0.782. The van der Waals surface area contributed by atoms with Gasteiger partial charge in [-0.05, 0) is 18.1 Å². The van der Waals surface area contributed by atoms with Crippen molar-refractivity contribution < 1.29 is 24.2 Å². The number of rotatable bonds is 10. The Morgan fingerprint density at radius 2 is 1.52 bits per heavy atom. The number of carbonyl (C=O) groups excluding carboxylic acids is 3. The summed E-state index contributed by atoms with van der Waals surface area (Å²) in [6.07, 6.45) is -0.523. The molecule has 3 N–H and O–H groups in total. The van der Waals surface area contributed by atoms with Crippen molar-refractivity contribution in [3.8, 4) is 0 Å². The fourth-order valence-electron chi connectivity index (χ4n) is 2.69. The Kier molecular flexibility index (Phi) is 8.85. The fraction of sp³-hybridized carbons (Fsp3) is 0.318. The van der Waals surface area contributed by atoms with E-state index in [1.807, 2.05) is 60.7 Å². The summed E-state index contributed by atoms with van der Waals surface area (Å²) in [6, 6.07) is 16.7. The van der Waals surface area contributed by atoms with Crippen molar-refractivity contribution in [1.29, 1.82) is 0 Å².